The first-order valence-corrected chi connectivity index (χ1v) is 10.4. The molecule has 6 heteroatoms. The monoisotopic (exact) mass is 391 g/mol. The second-order valence-electron chi connectivity index (χ2n) is 7.44. The van der Waals surface area contributed by atoms with Crippen LogP contribution < -0.4 is 5.32 Å². The first-order chi connectivity index (χ1) is 12.5. The number of thiazole rings is 1. The summed E-state index contributed by atoms with van der Waals surface area (Å²) in [5, 5.41) is 6.56. The standard InChI is InChI=1S/C20H26ClN3OS/c1-20(2,24-10-6-3-7-11-24)14-22-18(25)12-15-13-26-19(23-15)16-8-4-5-9-17(16)21/h4-5,8-9,13H,3,6-7,10-12,14H2,1-2H3,(H,22,25). The predicted molar refractivity (Wildman–Crippen MR) is 109 cm³/mol. The Morgan fingerprint density at radius 1 is 1.27 bits per heavy atom. The van der Waals surface area contributed by atoms with E-state index >= 15 is 0 Å². The summed E-state index contributed by atoms with van der Waals surface area (Å²) >= 11 is 7.75. The highest BCUT2D eigenvalue weighted by molar-refractivity contribution is 7.13. The number of hydrogen-bond acceptors (Lipinski definition) is 4. The molecule has 1 aliphatic heterocycles. The molecule has 2 aromatic rings. The Kier molecular flexibility index (Phi) is 6.33. The number of amides is 1. The van der Waals surface area contributed by atoms with Crippen LogP contribution in [-0.4, -0.2) is 41.0 Å². The summed E-state index contributed by atoms with van der Waals surface area (Å²) < 4.78 is 0. The molecule has 0 aliphatic carbocycles. The van der Waals surface area contributed by atoms with Crippen LogP contribution in [0.4, 0.5) is 0 Å². The van der Waals surface area contributed by atoms with Gasteiger partial charge in [0, 0.05) is 23.0 Å². The fourth-order valence-corrected chi connectivity index (χ4v) is 4.44. The molecule has 3 rings (SSSR count). The van der Waals surface area contributed by atoms with Crippen molar-refractivity contribution in [1.82, 2.24) is 15.2 Å². The van der Waals surface area contributed by atoms with Crippen molar-refractivity contribution in [3.05, 3.63) is 40.4 Å². The Morgan fingerprint density at radius 2 is 2.00 bits per heavy atom. The van der Waals surface area contributed by atoms with Crippen molar-refractivity contribution >= 4 is 28.8 Å². The van der Waals surface area contributed by atoms with Crippen LogP contribution in [0, 0.1) is 0 Å². The zero-order chi connectivity index (χ0) is 18.6. The maximum atomic E-state index is 12.4. The van der Waals surface area contributed by atoms with Crippen LogP contribution >= 0.6 is 22.9 Å². The molecule has 0 unspecified atom stereocenters. The van der Waals surface area contributed by atoms with Crippen molar-refractivity contribution in [1.29, 1.82) is 0 Å². The van der Waals surface area contributed by atoms with Gasteiger partial charge in [-0.25, -0.2) is 4.98 Å². The third kappa shape index (κ3) is 4.84. The minimum atomic E-state index is -0.0130. The second-order valence-corrected chi connectivity index (χ2v) is 8.70. The molecule has 140 valence electrons. The van der Waals surface area contributed by atoms with E-state index in [1.165, 1.54) is 30.6 Å². The van der Waals surface area contributed by atoms with E-state index in [-0.39, 0.29) is 11.4 Å². The molecule has 1 aromatic heterocycles. The van der Waals surface area contributed by atoms with Crippen molar-refractivity contribution in [3.63, 3.8) is 0 Å². The number of nitrogens with zero attached hydrogens (tertiary/aromatic N) is 2. The fraction of sp³-hybridized carbons (Fsp3) is 0.500. The largest absolute Gasteiger partial charge is 0.354 e. The first-order valence-electron chi connectivity index (χ1n) is 9.17. The molecule has 0 saturated carbocycles. The molecule has 2 heterocycles. The van der Waals surface area contributed by atoms with Crippen LogP contribution in [0.25, 0.3) is 10.6 Å². The fourth-order valence-electron chi connectivity index (χ4n) is 3.30. The average Bonchev–Trinajstić information content (AvgIpc) is 3.09. The SMILES string of the molecule is CC(C)(CNC(=O)Cc1csc(-c2ccccc2Cl)n1)N1CCCCC1. The number of hydrogen-bond donors (Lipinski definition) is 1. The van der Waals surface area contributed by atoms with E-state index in [1.807, 2.05) is 29.6 Å². The Balaban J connectivity index is 1.55. The lowest BCUT2D eigenvalue weighted by atomic mass is 9.98. The summed E-state index contributed by atoms with van der Waals surface area (Å²) in [7, 11) is 0. The van der Waals surface area contributed by atoms with Crippen molar-refractivity contribution in [2.75, 3.05) is 19.6 Å². The molecule has 26 heavy (non-hydrogen) atoms. The molecule has 1 amide bonds. The number of benzene rings is 1. The number of piperidine rings is 1. The van der Waals surface area contributed by atoms with Gasteiger partial charge in [-0.3, -0.25) is 9.69 Å². The van der Waals surface area contributed by atoms with Crippen molar-refractivity contribution in [3.8, 4) is 10.6 Å². The molecule has 0 bridgehead atoms. The van der Waals surface area contributed by atoms with E-state index < -0.39 is 0 Å². The van der Waals surface area contributed by atoms with E-state index in [4.69, 9.17) is 11.6 Å². The maximum Gasteiger partial charge on any atom is 0.226 e. The van der Waals surface area contributed by atoms with Gasteiger partial charge in [-0.2, -0.15) is 0 Å². The van der Waals surface area contributed by atoms with Crippen LogP contribution in [0.2, 0.25) is 5.02 Å². The summed E-state index contributed by atoms with van der Waals surface area (Å²) in [5.41, 5.74) is 1.69. The second kappa shape index (κ2) is 8.51. The molecule has 1 aromatic carbocycles. The minimum Gasteiger partial charge on any atom is -0.354 e. The van der Waals surface area contributed by atoms with Crippen LogP contribution in [-0.2, 0) is 11.2 Å². The van der Waals surface area contributed by atoms with Crippen LogP contribution in [0.1, 0.15) is 38.8 Å². The molecular weight excluding hydrogens is 366 g/mol. The van der Waals surface area contributed by atoms with E-state index in [0.29, 0.717) is 18.0 Å². The van der Waals surface area contributed by atoms with E-state index in [2.05, 4.69) is 29.0 Å². The summed E-state index contributed by atoms with van der Waals surface area (Å²) in [6.45, 7) is 7.31. The summed E-state index contributed by atoms with van der Waals surface area (Å²) in [5.74, 6) is 0.0195. The Bertz CT molecular complexity index is 753. The number of rotatable bonds is 6. The quantitative estimate of drug-likeness (QED) is 0.794. The number of carbonyl (C=O) groups is 1. The summed E-state index contributed by atoms with van der Waals surface area (Å²) in [4.78, 5) is 19.4. The highest BCUT2D eigenvalue weighted by Gasteiger charge is 2.28. The number of likely N-dealkylation sites (tertiary alicyclic amines) is 1. The Hall–Kier alpha value is -1.43. The van der Waals surface area contributed by atoms with Gasteiger partial charge < -0.3 is 5.32 Å². The normalized spacial score (nSPS) is 15.8. The zero-order valence-electron chi connectivity index (χ0n) is 15.4. The molecule has 1 aliphatic rings. The van der Waals surface area contributed by atoms with Gasteiger partial charge in [0.1, 0.15) is 5.01 Å². The number of aromatic nitrogens is 1. The van der Waals surface area contributed by atoms with Gasteiger partial charge in [0.05, 0.1) is 17.1 Å². The lowest BCUT2D eigenvalue weighted by Crippen LogP contribution is -2.53. The lowest BCUT2D eigenvalue weighted by molar-refractivity contribution is -0.121. The Labute approximate surface area is 164 Å². The van der Waals surface area contributed by atoms with Gasteiger partial charge in [0.2, 0.25) is 5.91 Å². The minimum absolute atomic E-state index is 0.0130. The smallest absolute Gasteiger partial charge is 0.226 e. The third-order valence-corrected chi connectivity index (χ3v) is 6.18. The van der Waals surface area contributed by atoms with Crippen molar-refractivity contribution in [2.45, 2.75) is 45.1 Å². The van der Waals surface area contributed by atoms with Gasteiger partial charge in [-0.05, 0) is 45.8 Å². The van der Waals surface area contributed by atoms with Crippen molar-refractivity contribution < 1.29 is 4.79 Å². The third-order valence-electron chi connectivity index (χ3n) is 4.93. The summed E-state index contributed by atoms with van der Waals surface area (Å²) in [6.07, 6.45) is 4.12. The summed E-state index contributed by atoms with van der Waals surface area (Å²) in [6, 6.07) is 7.65. The number of carbonyl (C=O) groups excluding carboxylic acids is 1. The number of halogens is 1. The molecular formula is C20H26ClN3OS. The highest BCUT2D eigenvalue weighted by atomic mass is 35.5. The van der Waals surface area contributed by atoms with E-state index in [1.54, 1.807) is 0 Å². The average molecular weight is 392 g/mol. The van der Waals surface area contributed by atoms with Gasteiger partial charge in [0.25, 0.3) is 0 Å². The lowest BCUT2D eigenvalue weighted by Gasteiger charge is -2.41. The molecule has 0 spiro atoms. The number of nitrogens with one attached hydrogen (secondary N) is 1. The molecule has 0 radical (unpaired) electrons. The van der Waals surface area contributed by atoms with Crippen LogP contribution in [0.15, 0.2) is 29.6 Å². The van der Waals surface area contributed by atoms with E-state index in [0.717, 1.165) is 29.4 Å². The molecule has 4 nitrogen and oxygen atoms in total. The predicted octanol–water partition coefficient (Wildman–Crippen LogP) is 4.39. The first kappa shape index (κ1) is 19.3. The molecule has 1 fully saturated rings. The molecule has 1 saturated heterocycles. The molecule has 0 atom stereocenters. The van der Waals surface area contributed by atoms with Crippen molar-refractivity contribution in [2.24, 2.45) is 0 Å². The van der Waals surface area contributed by atoms with E-state index in [9.17, 15) is 4.79 Å². The zero-order valence-corrected chi connectivity index (χ0v) is 17.0. The molecule has 1 N–H and O–H groups in total. The van der Waals surface area contributed by atoms with Crippen LogP contribution in [0.5, 0.6) is 0 Å². The Morgan fingerprint density at radius 3 is 2.73 bits per heavy atom. The van der Waals surface area contributed by atoms with Gasteiger partial charge in [-0.1, -0.05) is 36.2 Å². The van der Waals surface area contributed by atoms with Gasteiger partial charge in [0.15, 0.2) is 0 Å². The van der Waals surface area contributed by atoms with Gasteiger partial charge in [-0.15, -0.1) is 11.3 Å². The maximum absolute atomic E-state index is 12.4. The topological polar surface area (TPSA) is 45.2 Å². The highest BCUT2D eigenvalue weighted by Crippen LogP contribution is 2.30. The van der Waals surface area contributed by atoms with Crippen LogP contribution in [0.3, 0.4) is 0 Å². The van der Waals surface area contributed by atoms with Gasteiger partial charge >= 0.3 is 0 Å².